The van der Waals surface area contributed by atoms with Crippen molar-refractivity contribution < 1.29 is 32.4 Å². The van der Waals surface area contributed by atoms with Gasteiger partial charge in [-0.05, 0) is 48.4 Å². The van der Waals surface area contributed by atoms with Crippen LogP contribution in [0, 0.1) is 17.0 Å². The zero-order valence-electron chi connectivity index (χ0n) is 22.4. The van der Waals surface area contributed by atoms with E-state index in [2.05, 4.69) is 30.3 Å². The summed E-state index contributed by atoms with van der Waals surface area (Å²) in [4.78, 5) is 44.9. The minimum absolute atomic E-state index is 0.0155. The fourth-order valence-electron chi connectivity index (χ4n) is 3.96. The average molecular weight is 625 g/mol. The van der Waals surface area contributed by atoms with E-state index in [1.54, 1.807) is 37.3 Å². The van der Waals surface area contributed by atoms with Gasteiger partial charge in [-0.25, -0.2) is 19.9 Å². The molecule has 4 aromatic rings. The van der Waals surface area contributed by atoms with E-state index in [1.165, 1.54) is 53.6 Å². The van der Waals surface area contributed by atoms with Crippen LogP contribution in [0.3, 0.4) is 0 Å². The standard InChI is InChI=1S/C27H19F3N8O5S/c1-16-2-11-21(38(41)42)22(12-16)37-23(39)14-44-26(37)33-25(40)34-32-13-17-3-5-18(6-4-17)24-31-15-36(35-24)19-7-9-20(10-8-19)43-27(28,29)30/h2-13,15H,14H2,1H3,(H,34,40)/b32-13+,33-26?. The molecule has 0 atom stereocenters. The summed E-state index contributed by atoms with van der Waals surface area (Å²) in [6.07, 6.45) is -2.02. The number of rotatable bonds is 7. The number of aromatic nitrogens is 3. The maximum absolute atomic E-state index is 12.5. The molecule has 13 nitrogen and oxygen atoms in total. The Morgan fingerprint density at radius 3 is 2.55 bits per heavy atom. The van der Waals surface area contributed by atoms with Crippen molar-refractivity contribution in [1.29, 1.82) is 0 Å². The number of nitrogens with zero attached hydrogens (tertiary/aromatic N) is 7. The maximum Gasteiger partial charge on any atom is 0.573 e. The lowest BCUT2D eigenvalue weighted by Gasteiger charge is -2.16. The van der Waals surface area contributed by atoms with E-state index in [0.29, 0.717) is 28.2 Å². The summed E-state index contributed by atoms with van der Waals surface area (Å²) >= 11 is 0.971. The second-order valence-electron chi connectivity index (χ2n) is 9.01. The number of hydrazone groups is 1. The molecule has 0 saturated carbocycles. The normalized spacial score (nSPS) is 14.4. The number of thioether (sulfide) groups is 1. The number of alkyl halides is 3. The van der Waals surface area contributed by atoms with Gasteiger partial charge in [0.2, 0.25) is 5.91 Å². The highest BCUT2D eigenvalue weighted by Gasteiger charge is 2.35. The lowest BCUT2D eigenvalue weighted by molar-refractivity contribution is -0.384. The fourth-order valence-corrected chi connectivity index (χ4v) is 4.82. The number of ether oxygens (including phenoxy) is 1. The fraction of sp³-hybridized carbons (Fsp3) is 0.111. The Kier molecular flexibility index (Phi) is 8.38. The topological polar surface area (TPSA) is 157 Å². The molecule has 1 aromatic heterocycles. The number of benzene rings is 3. The number of nitro benzene ring substituents is 1. The van der Waals surface area contributed by atoms with E-state index < -0.39 is 23.2 Å². The molecule has 2 heterocycles. The molecule has 17 heteroatoms. The van der Waals surface area contributed by atoms with Crippen LogP contribution < -0.4 is 15.1 Å². The number of halogens is 3. The third kappa shape index (κ3) is 7.06. The average Bonchev–Trinajstić information content (AvgIpc) is 3.60. The zero-order valence-corrected chi connectivity index (χ0v) is 23.2. The largest absolute Gasteiger partial charge is 0.573 e. The summed E-state index contributed by atoms with van der Waals surface area (Å²) < 4.78 is 42.4. The van der Waals surface area contributed by atoms with Gasteiger partial charge in [-0.1, -0.05) is 42.1 Å². The Labute approximate surface area is 250 Å². The lowest BCUT2D eigenvalue weighted by atomic mass is 10.1. The van der Waals surface area contributed by atoms with Gasteiger partial charge in [-0.2, -0.15) is 10.1 Å². The van der Waals surface area contributed by atoms with Crippen LogP contribution in [0.2, 0.25) is 0 Å². The Hall–Kier alpha value is -5.58. The van der Waals surface area contributed by atoms with Crippen LogP contribution in [0.4, 0.5) is 29.3 Å². The molecule has 0 bridgehead atoms. The number of amides is 3. The molecular weight excluding hydrogens is 605 g/mol. The summed E-state index contributed by atoms with van der Waals surface area (Å²) in [6.45, 7) is 1.72. The predicted octanol–water partition coefficient (Wildman–Crippen LogP) is 5.23. The van der Waals surface area contributed by atoms with Crippen molar-refractivity contribution in [2.45, 2.75) is 13.3 Å². The Bertz CT molecular complexity index is 1790. The van der Waals surface area contributed by atoms with Crippen molar-refractivity contribution in [3.8, 4) is 22.8 Å². The molecule has 1 aliphatic rings. The highest BCUT2D eigenvalue weighted by molar-refractivity contribution is 8.15. The quantitative estimate of drug-likeness (QED) is 0.166. The minimum Gasteiger partial charge on any atom is -0.406 e. The second kappa shape index (κ2) is 12.3. The van der Waals surface area contributed by atoms with Crippen LogP contribution >= 0.6 is 11.8 Å². The number of carbonyl (C=O) groups excluding carboxylic acids is 2. The van der Waals surface area contributed by atoms with Crippen molar-refractivity contribution in [2.75, 3.05) is 10.7 Å². The number of hydrogen-bond acceptors (Lipinski definition) is 9. The number of amidine groups is 1. The zero-order chi connectivity index (χ0) is 31.4. The van der Waals surface area contributed by atoms with Crippen molar-refractivity contribution in [3.05, 3.63) is 94.3 Å². The number of urea groups is 1. The first kappa shape index (κ1) is 29.9. The van der Waals surface area contributed by atoms with Gasteiger partial charge < -0.3 is 4.74 Å². The number of hydrogen-bond donors (Lipinski definition) is 1. The van der Waals surface area contributed by atoms with E-state index in [4.69, 9.17) is 0 Å². The summed E-state index contributed by atoms with van der Waals surface area (Å²) in [5.74, 6) is -0.490. The number of carbonyl (C=O) groups is 2. The van der Waals surface area contributed by atoms with Gasteiger partial charge in [-0.3, -0.25) is 19.8 Å². The van der Waals surface area contributed by atoms with Gasteiger partial charge in [0, 0.05) is 11.6 Å². The summed E-state index contributed by atoms with van der Waals surface area (Å²) in [5.41, 5.74) is 4.36. The third-order valence-corrected chi connectivity index (χ3v) is 6.82. The minimum atomic E-state index is -4.79. The molecule has 1 N–H and O–H groups in total. The molecule has 0 spiro atoms. The molecular formula is C27H19F3N8O5S. The second-order valence-corrected chi connectivity index (χ2v) is 9.96. The van der Waals surface area contributed by atoms with Gasteiger partial charge in [0.1, 0.15) is 17.8 Å². The molecule has 44 heavy (non-hydrogen) atoms. The van der Waals surface area contributed by atoms with E-state index in [1.807, 2.05) is 0 Å². The molecule has 5 rings (SSSR count). The van der Waals surface area contributed by atoms with Crippen LogP contribution in [-0.4, -0.2) is 55.1 Å². The number of aliphatic imine (C=N–C) groups is 1. The first-order chi connectivity index (χ1) is 21.0. The maximum atomic E-state index is 12.5. The van der Waals surface area contributed by atoms with Gasteiger partial charge >= 0.3 is 12.4 Å². The van der Waals surface area contributed by atoms with Crippen molar-refractivity contribution >= 4 is 46.5 Å². The molecule has 1 fully saturated rings. The van der Waals surface area contributed by atoms with E-state index in [-0.39, 0.29) is 28.0 Å². The van der Waals surface area contributed by atoms with E-state index in [9.17, 15) is 32.9 Å². The van der Waals surface area contributed by atoms with Crippen molar-refractivity contribution in [3.63, 3.8) is 0 Å². The summed E-state index contributed by atoms with van der Waals surface area (Å²) in [7, 11) is 0. The number of nitrogens with one attached hydrogen (secondary N) is 1. The number of aryl methyl sites for hydroxylation is 1. The molecule has 0 unspecified atom stereocenters. The number of anilines is 1. The highest BCUT2D eigenvalue weighted by Crippen LogP contribution is 2.35. The van der Waals surface area contributed by atoms with Gasteiger partial charge in [0.05, 0.1) is 22.6 Å². The Morgan fingerprint density at radius 2 is 1.86 bits per heavy atom. The Morgan fingerprint density at radius 1 is 1.14 bits per heavy atom. The van der Waals surface area contributed by atoms with Crippen LogP contribution in [0.25, 0.3) is 17.1 Å². The Balaban J connectivity index is 1.22. The molecule has 1 saturated heterocycles. The first-order valence-corrected chi connectivity index (χ1v) is 13.5. The third-order valence-electron chi connectivity index (χ3n) is 5.90. The molecule has 3 aromatic carbocycles. The molecule has 3 amide bonds. The smallest absolute Gasteiger partial charge is 0.406 e. The van der Waals surface area contributed by atoms with E-state index >= 15 is 0 Å². The predicted molar refractivity (Wildman–Crippen MR) is 155 cm³/mol. The highest BCUT2D eigenvalue weighted by atomic mass is 32.2. The van der Waals surface area contributed by atoms with Crippen molar-refractivity contribution in [1.82, 2.24) is 20.2 Å². The number of nitro groups is 1. The summed E-state index contributed by atoms with van der Waals surface area (Å²) in [5, 5.41) is 19.7. The van der Waals surface area contributed by atoms with Crippen LogP contribution in [-0.2, 0) is 4.79 Å². The molecule has 1 aliphatic heterocycles. The first-order valence-electron chi connectivity index (χ1n) is 12.5. The monoisotopic (exact) mass is 624 g/mol. The van der Waals surface area contributed by atoms with Crippen LogP contribution in [0.5, 0.6) is 5.75 Å². The molecule has 224 valence electrons. The van der Waals surface area contributed by atoms with E-state index in [0.717, 1.165) is 16.7 Å². The van der Waals surface area contributed by atoms with Crippen LogP contribution in [0.15, 0.2) is 83.2 Å². The van der Waals surface area contributed by atoms with Gasteiger partial charge in [0.25, 0.3) is 5.69 Å². The van der Waals surface area contributed by atoms with Gasteiger partial charge in [-0.15, -0.1) is 18.3 Å². The molecule has 0 radical (unpaired) electrons. The van der Waals surface area contributed by atoms with Crippen LogP contribution in [0.1, 0.15) is 11.1 Å². The van der Waals surface area contributed by atoms with Gasteiger partial charge in [0.15, 0.2) is 11.0 Å². The SMILES string of the molecule is Cc1ccc([N+](=O)[O-])c(N2C(=O)CSC2=NC(=O)N/N=C/c2ccc(-c3ncn(-c4ccc(OC(F)(F)F)cc4)n3)cc2)c1. The summed E-state index contributed by atoms with van der Waals surface area (Å²) in [6, 6.07) is 15.4. The van der Waals surface area contributed by atoms with Crippen molar-refractivity contribution in [2.24, 2.45) is 10.1 Å². The lowest BCUT2D eigenvalue weighted by Crippen LogP contribution is -2.31. The molecule has 0 aliphatic carbocycles.